The first-order valence-electron chi connectivity index (χ1n) is 8.98. The molecule has 0 radical (unpaired) electrons. The summed E-state index contributed by atoms with van der Waals surface area (Å²) in [6.45, 7) is 3.65. The third kappa shape index (κ3) is 5.00. The highest BCUT2D eigenvalue weighted by Gasteiger charge is 2.16. The summed E-state index contributed by atoms with van der Waals surface area (Å²) in [5, 5.41) is 2.66. The van der Waals surface area contributed by atoms with E-state index < -0.39 is 10.0 Å². The van der Waals surface area contributed by atoms with Gasteiger partial charge in [0, 0.05) is 17.7 Å². The van der Waals surface area contributed by atoms with Crippen molar-refractivity contribution in [3.05, 3.63) is 94.8 Å². The summed E-state index contributed by atoms with van der Waals surface area (Å²) in [7, 11) is -3.73. The first-order chi connectivity index (χ1) is 13.8. The molecule has 7 heteroatoms. The van der Waals surface area contributed by atoms with E-state index in [1.807, 2.05) is 6.92 Å². The minimum Gasteiger partial charge on any atom is -0.348 e. The molecule has 3 aromatic carbocycles. The van der Waals surface area contributed by atoms with Crippen LogP contribution >= 0.6 is 0 Å². The molecule has 0 spiro atoms. The van der Waals surface area contributed by atoms with E-state index in [1.165, 1.54) is 24.3 Å². The Morgan fingerprint density at radius 1 is 0.966 bits per heavy atom. The van der Waals surface area contributed by atoms with Gasteiger partial charge in [-0.15, -0.1) is 0 Å². The summed E-state index contributed by atoms with van der Waals surface area (Å²) < 4.78 is 41.3. The van der Waals surface area contributed by atoms with Crippen LogP contribution in [0.2, 0.25) is 0 Å². The highest BCUT2D eigenvalue weighted by Crippen LogP contribution is 2.21. The Hall–Kier alpha value is -3.19. The topological polar surface area (TPSA) is 75.3 Å². The van der Waals surface area contributed by atoms with E-state index >= 15 is 0 Å². The lowest BCUT2D eigenvalue weighted by atomic mass is 10.1. The summed E-state index contributed by atoms with van der Waals surface area (Å²) in [6, 6.07) is 17.4. The maximum atomic E-state index is 13.7. The summed E-state index contributed by atoms with van der Waals surface area (Å²) >= 11 is 0. The zero-order valence-corrected chi connectivity index (χ0v) is 16.9. The van der Waals surface area contributed by atoms with E-state index in [0.717, 1.165) is 5.56 Å². The molecule has 0 unspecified atom stereocenters. The first kappa shape index (κ1) is 20.5. The number of carbonyl (C=O) groups excluding carboxylic acids is 1. The van der Waals surface area contributed by atoms with Gasteiger partial charge in [-0.1, -0.05) is 35.9 Å². The van der Waals surface area contributed by atoms with Crippen molar-refractivity contribution in [3.63, 3.8) is 0 Å². The molecule has 3 rings (SSSR count). The Morgan fingerprint density at radius 2 is 1.66 bits per heavy atom. The quantitative estimate of drug-likeness (QED) is 0.638. The van der Waals surface area contributed by atoms with Gasteiger partial charge >= 0.3 is 0 Å². The van der Waals surface area contributed by atoms with Crippen molar-refractivity contribution in [3.8, 4) is 0 Å². The molecule has 150 valence electrons. The fourth-order valence-corrected chi connectivity index (χ4v) is 3.89. The van der Waals surface area contributed by atoms with Gasteiger partial charge in [0.15, 0.2) is 0 Å². The molecule has 0 aliphatic carbocycles. The van der Waals surface area contributed by atoms with Crippen molar-refractivity contribution < 1.29 is 17.6 Å². The zero-order valence-electron chi connectivity index (χ0n) is 16.1. The number of benzene rings is 3. The molecule has 0 aliphatic heterocycles. The molecule has 0 heterocycles. The van der Waals surface area contributed by atoms with Crippen LogP contribution in [0.1, 0.15) is 27.0 Å². The number of amides is 1. The Kier molecular flexibility index (Phi) is 5.98. The van der Waals surface area contributed by atoms with Gasteiger partial charge in [0.1, 0.15) is 5.82 Å². The lowest BCUT2D eigenvalue weighted by Gasteiger charge is -2.12. The summed E-state index contributed by atoms with van der Waals surface area (Å²) in [6.07, 6.45) is 0. The molecule has 0 atom stereocenters. The number of aryl methyl sites for hydroxylation is 2. The molecule has 0 saturated carbocycles. The van der Waals surface area contributed by atoms with Crippen LogP contribution in [0.5, 0.6) is 0 Å². The molecule has 0 fully saturated rings. The van der Waals surface area contributed by atoms with Gasteiger partial charge < -0.3 is 5.32 Å². The van der Waals surface area contributed by atoms with Gasteiger partial charge in [0.25, 0.3) is 15.9 Å². The number of anilines is 1. The van der Waals surface area contributed by atoms with Crippen LogP contribution in [0, 0.1) is 19.7 Å². The molecule has 0 aromatic heterocycles. The molecule has 5 nitrogen and oxygen atoms in total. The second-order valence-electron chi connectivity index (χ2n) is 6.72. The van der Waals surface area contributed by atoms with Gasteiger partial charge in [0.05, 0.1) is 10.6 Å². The summed E-state index contributed by atoms with van der Waals surface area (Å²) in [4.78, 5) is 12.5. The van der Waals surface area contributed by atoms with Crippen LogP contribution < -0.4 is 10.0 Å². The van der Waals surface area contributed by atoms with Crippen LogP contribution in [0.4, 0.5) is 10.1 Å². The summed E-state index contributed by atoms with van der Waals surface area (Å²) in [5.41, 5.74) is 2.69. The third-order valence-corrected chi connectivity index (χ3v) is 5.84. The monoisotopic (exact) mass is 412 g/mol. The van der Waals surface area contributed by atoms with E-state index in [0.29, 0.717) is 22.4 Å². The Balaban J connectivity index is 1.72. The van der Waals surface area contributed by atoms with Gasteiger partial charge in [-0.2, -0.15) is 0 Å². The SMILES string of the molecule is Cc1ccc(S(=O)(=O)Nc2ccc(C(=O)NCc3ccccc3F)cc2C)cc1. The zero-order chi connectivity index (χ0) is 21.0. The van der Waals surface area contributed by atoms with Crippen molar-refractivity contribution >= 4 is 21.6 Å². The predicted molar refractivity (Wildman–Crippen MR) is 111 cm³/mol. The van der Waals surface area contributed by atoms with Crippen molar-refractivity contribution in [2.45, 2.75) is 25.3 Å². The number of halogens is 1. The average molecular weight is 412 g/mol. The highest BCUT2D eigenvalue weighted by molar-refractivity contribution is 7.92. The van der Waals surface area contributed by atoms with E-state index in [1.54, 1.807) is 49.4 Å². The number of rotatable bonds is 6. The van der Waals surface area contributed by atoms with Crippen LogP contribution in [0.25, 0.3) is 0 Å². The lowest BCUT2D eigenvalue weighted by Crippen LogP contribution is -2.23. The standard InChI is InChI=1S/C22H21FN2O3S/c1-15-7-10-19(11-8-15)29(27,28)25-21-12-9-17(13-16(21)2)22(26)24-14-18-5-3-4-6-20(18)23/h3-13,25H,14H2,1-2H3,(H,24,26). The number of carbonyl (C=O) groups is 1. The maximum absolute atomic E-state index is 13.7. The van der Waals surface area contributed by atoms with Crippen molar-refractivity contribution in [2.24, 2.45) is 0 Å². The van der Waals surface area contributed by atoms with E-state index in [9.17, 15) is 17.6 Å². The Morgan fingerprint density at radius 3 is 2.31 bits per heavy atom. The smallest absolute Gasteiger partial charge is 0.261 e. The molecule has 3 aromatic rings. The van der Waals surface area contributed by atoms with E-state index in [2.05, 4.69) is 10.0 Å². The Bertz CT molecular complexity index is 1140. The van der Waals surface area contributed by atoms with E-state index in [-0.39, 0.29) is 23.2 Å². The molecule has 2 N–H and O–H groups in total. The number of sulfonamides is 1. The fourth-order valence-electron chi connectivity index (χ4n) is 2.76. The Labute approximate surface area is 169 Å². The predicted octanol–water partition coefficient (Wildman–Crippen LogP) is 4.17. The average Bonchev–Trinajstić information content (AvgIpc) is 2.69. The number of nitrogens with one attached hydrogen (secondary N) is 2. The second kappa shape index (κ2) is 8.45. The van der Waals surface area contributed by atoms with Crippen molar-refractivity contribution in [1.29, 1.82) is 0 Å². The van der Waals surface area contributed by atoms with Crippen LogP contribution in [0.3, 0.4) is 0 Å². The lowest BCUT2D eigenvalue weighted by molar-refractivity contribution is 0.0950. The minimum atomic E-state index is -3.73. The van der Waals surface area contributed by atoms with Crippen LogP contribution in [0.15, 0.2) is 71.6 Å². The molecule has 0 bridgehead atoms. The number of hydrogen-bond acceptors (Lipinski definition) is 3. The molecular formula is C22H21FN2O3S. The third-order valence-electron chi connectivity index (χ3n) is 4.46. The van der Waals surface area contributed by atoms with Crippen LogP contribution in [-0.4, -0.2) is 14.3 Å². The molecule has 1 amide bonds. The van der Waals surface area contributed by atoms with Gasteiger partial charge in [-0.05, 0) is 55.8 Å². The van der Waals surface area contributed by atoms with E-state index in [4.69, 9.17) is 0 Å². The van der Waals surface area contributed by atoms with Crippen molar-refractivity contribution in [2.75, 3.05) is 4.72 Å². The highest BCUT2D eigenvalue weighted by atomic mass is 32.2. The molecular weight excluding hydrogens is 391 g/mol. The minimum absolute atomic E-state index is 0.0619. The fraction of sp³-hybridized carbons (Fsp3) is 0.136. The van der Waals surface area contributed by atoms with Gasteiger partial charge in [-0.25, -0.2) is 12.8 Å². The van der Waals surface area contributed by atoms with Gasteiger partial charge in [0.2, 0.25) is 0 Å². The van der Waals surface area contributed by atoms with Gasteiger partial charge in [-0.3, -0.25) is 9.52 Å². The molecule has 29 heavy (non-hydrogen) atoms. The number of hydrogen-bond donors (Lipinski definition) is 2. The summed E-state index contributed by atoms with van der Waals surface area (Å²) in [5.74, 6) is -0.755. The molecule has 0 saturated heterocycles. The first-order valence-corrected chi connectivity index (χ1v) is 10.5. The van der Waals surface area contributed by atoms with Crippen LogP contribution in [-0.2, 0) is 16.6 Å². The second-order valence-corrected chi connectivity index (χ2v) is 8.40. The normalized spacial score (nSPS) is 11.1. The maximum Gasteiger partial charge on any atom is 0.261 e. The largest absolute Gasteiger partial charge is 0.348 e. The molecule has 0 aliphatic rings. The van der Waals surface area contributed by atoms with Crippen molar-refractivity contribution in [1.82, 2.24) is 5.32 Å².